The highest BCUT2D eigenvalue weighted by Gasteiger charge is 2.49. The number of fused-ring (bicyclic) bond motifs is 2. The van der Waals surface area contributed by atoms with Gasteiger partial charge in [0.2, 0.25) is 0 Å². The summed E-state index contributed by atoms with van der Waals surface area (Å²) >= 11 is 0. The number of β-amino-alcohol motifs (C(OH)–C–C–N with tert-alkyl or cyclic N) is 1. The Bertz CT molecular complexity index is 556. The average Bonchev–Trinajstić information content (AvgIpc) is 2.65. The lowest BCUT2D eigenvalue weighted by Crippen LogP contribution is -2.39. The van der Waals surface area contributed by atoms with Gasteiger partial charge in [0.1, 0.15) is 18.5 Å². The molecule has 128 valence electrons. The molecule has 1 aromatic carbocycles. The van der Waals surface area contributed by atoms with Gasteiger partial charge in [0.15, 0.2) is 0 Å². The van der Waals surface area contributed by atoms with E-state index in [2.05, 4.69) is 38.7 Å². The second-order valence-corrected chi connectivity index (χ2v) is 8.92. The van der Waals surface area contributed by atoms with E-state index in [1.54, 1.807) is 0 Å². The van der Waals surface area contributed by atoms with Gasteiger partial charge in [-0.15, -0.1) is 0 Å². The third-order valence-electron chi connectivity index (χ3n) is 5.40. The quantitative estimate of drug-likeness (QED) is 0.900. The summed E-state index contributed by atoms with van der Waals surface area (Å²) in [5, 5.41) is 10.4. The van der Waals surface area contributed by atoms with E-state index >= 15 is 0 Å². The number of hydrogen-bond donors (Lipinski definition) is 1. The van der Waals surface area contributed by atoms with Crippen molar-refractivity contribution in [1.29, 1.82) is 0 Å². The average molecular weight is 317 g/mol. The van der Waals surface area contributed by atoms with Crippen LogP contribution in [0, 0.1) is 17.8 Å². The Kier molecular flexibility index (Phi) is 4.45. The van der Waals surface area contributed by atoms with Gasteiger partial charge in [0.05, 0.1) is 0 Å². The van der Waals surface area contributed by atoms with E-state index in [9.17, 15) is 5.11 Å². The number of likely N-dealkylation sites (tertiary alicyclic amines) is 1. The number of aliphatic hydroxyl groups excluding tert-OH is 1. The summed E-state index contributed by atoms with van der Waals surface area (Å²) in [5.41, 5.74) is 2.03. The maximum absolute atomic E-state index is 10.4. The Balaban J connectivity index is 1.53. The minimum Gasteiger partial charge on any atom is -0.491 e. The van der Waals surface area contributed by atoms with Gasteiger partial charge in [0, 0.05) is 19.1 Å². The molecule has 2 bridgehead atoms. The minimum atomic E-state index is -0.429. The van der Waals surface area contributed by atoms with Gasteiger partial charge in [-0.3, -0.25) is 4.90 Å². The third-order valence-corrected chi connectivity index (χ3v) is 5.40. The van der Waals surface area contributed by atoms with Crippen molar-refractivity contribution in [1.82, 2.24) is 4.90 Å². The Morgan fingerprint density at radius 1 is 1.30 bits per heavy atom. The number of nitrogens with zero attached hydrogens (tertiary/aromatic N) is 1. The van der Waals surface area contributed by atoms with Gasteiger partial charge in [-0.25, -0.2) is 0 Å². The smallest absolute Gasteiger partial charge is 0.119 e. The van der Waals surface area contributed by atoms with Crippen LogP contribution >= 0.6 is 0 Å². The fraction of sp³-hybridized carbons (Fsp3) is 0.700. The molecule has 1 N–H and O–H groups in total. The van der Waals surface area contributed by atoms with E-state index < -0.39 is 6.10 Å². The van der Waals surface area contributed by atoms with Crippen molar-refractivity contribution in [3.8, 4) is 5.75 Å². The molecule has 3 rings (SSSR count). The SMILES string of the molecule is Cc1cccc(OC[C@@H](O)CN2C[C@@]3(C)C[C@H]2CC(C)(C)C3)c1. The van der Waals surface area contributed by atoms with Gasteiger partial charge < -0.3 is 9.84 Å². The van der Waals surface area contributed by atoms with E-state index in [1.165, 1.54) is 24.8 Å². The summed E-state index contributed by atoms with van der Waals surface area (Å²) in [7, 11) is 0. The van der Waals surface area contributed by atoms with E-state index in [1.807, 2.05) is 18.2 Å². The molecule has 0 spiro atoms. The van der Waals surface area contributed by atoms with E-state index in [0.717, 1.165) is 18.8 Å². The molecule has 1 saturated carbocycles. The zero-order chi connectivity index (χ0) is 16.7. The number of aliphatic hydroxyl groups is 1. The predicted molar refractivity (Wildman–Crippen MR) is 93.8 cm³/mol. The zero-order valence-electron chi connectivity index (χ0n) is 15.0. The molecule has 1 aromatic rings. The van der Waals surface area contributed by atoms with Crippen molar-refractivity contribution < 1.29 is 9.84 Å². The molecular weight excluding hydrogens is 286 g/mol. The van der Waals surface area contributed by atoms with E-state index in [0.29, 0.717) is 23.5 Å². The Labute approximate surface area is 140 Å². The molecule has 0 radical (unpaired) electrons. The molecule has 0 aromatic heterocycles. The summed E-state index contributed by atoms with van der Waals surface area (Å²) in [5.74, 6) is 0.845. The first-order valence-corrected chi connectivity index (χ1v) is 8.86. The Morgan fingerprint density at radius 3 is 2.83 bits per heavy atom. The molecular formula is C20H31NO2. The highest BCUT2D eigenvalue weighted by molar-refractivity contribution is 5.27. The maximum Gasteiger partial charge on any atom is 0.119 e. The van der Waals surface area contributed by atoms with E-state index in [-0.39, 0.29) is 0 Å². The van der Waals surface area contributed by atoms with Crippen molar-refractivity contribution in [2.24, 2.45) is 10.8 Å². The lowest BCUT2D eigenvalue weighted by atomic mass is 9.65. The summed E-state index contributed by atoms with van der Waals surface area (Å²) in [6.07, 6.45) is 3.39. The van der Waals surface area contributed by atoms with Crippen LogP contribution in [0.15, 0.2) is 24.3 Å². The van der Waals surface area contributed by atoms with Crippen molar-refractivity contribution in [3.05, 3.63) is 29.8 Å². The van der Waals surface area contributed by atoms with Crippen LogP contribution in [0.2, 0.25) is 0 Å². The van der Waals surface area contributed by atoms with Crippen LogP contribution in [-0.4, -0.2) is 41.8 Å². The lowest BCUT2D eigenvalue weighted by molar-refractivity contribution is 0.0584. The van der Waals surface area contributed by atoms with Crippen LogP contribution in [0.5, 0.6) is 5.75 Å². The van der Waals surface area contributed by atoms with Crippen molar-refractivity contribution in [2.75, 3.05) is 19.7 Å². The monoisotopic (exact) mass is 317 g/mol. The Morgan fingerprint density at radius 2 is 2.09 bits per heavy atom. The van der Waals surface area contributed by atoms with Crippen LogP contribution in [0.4, 0.5) is 0 Å². The van der Waals surface area contributed by atoms with Gasteiger partial charge in [-0.1, -0.05) is 32.9 Å². The molecule has 1 saturated heterocycles. The molecule has 2 aliphatic rings. The van der Waals surface area contributed by atoms with Crippen LogP contribution in [0.25, 0.3) is 0 Å². The fourth-order valence-corrected chi connectivity index (χ4v) is 5.01. The predicted octanol–water partition coefficient (Wildman–Crippen LogP) is 3.64. The molecule has 3 heteroatoms. The minimum absolute atomic E-state index is 0.368. The van der Waals surface area contributed by atoms with Crippen LogP contribution in [0.1, 0.15) is 45.6 Å². The number of ether oxygens (including phenoxy) is 1. The number of rotatable bonds is 5. The molecule has 1 aliphatic heterocycles. The van der Waals surface area contributed by atoms with E-state index in [4.69, 9.17) is 4.74 Å². The highest BCUT2D eigenvalue weighted by atomic mass is 16.5. The first-order chi connectivity index (χ1) is 10.7. The van der Waals surface area contributed by atoms with Crippen molar-refractivity contribution in [3.63, 3.8) is 0 Å². The summed E-state index contributed by atoms with van der Waals surface area (Å²) < 4.78 is 5.76. The van der Waals surface area contributed by atoms with Crippen LogP contribution < -0.4 is 4.74 Å². The second-order valence-electron chi connectivity index (χ2n) is 8.92. The zero-order valence-corrected chi connectivity index (χ0v) is 15.0. The van der Waals surface area contributed by atoms with Gasteiger partial charge >= 0.3 is 0 Å². The standard InChI is InChI=1S/C20H31NO2/c1-15-6-5-7-18(8-15)23-12-17(22)11-21-14-20(4)10-16(21)9-19(2,3)13-20/h5-8,16-17,22H,9-14H2,1-4H3/t16-,17+,20+/m1/s1. The molecule has 3 nitrogen and oxygen atoms in total. The topological polar surface area (TPSA) is 32.7 Å². The van der Waals surface area contributed by atoms with Crippen LogP contribution in [-0.2, 0) is 0 Å². The molecule has 3 atom stereocenters. The van der Waals surface area contributed by atoms with Gasteiger partial charge in [0.25, 0.3) is 0 Å². The normalized spacial score (nSPS) is 31.1. The summed E-state index contributed by atoms with van der Waals surface area (Å²) in [4.78, 5) is 2.50. The van der Waals surface area contributed by atoms with Gasteiger partial charge in [-0.05, 0) is 54.7 Å². The van der Waals surface area contributed by atoms with Crippen molar-refractivity contribution >= 4 is 0 Å². The van der Waals surface area contributed by atoms with Gasteiger partial charge in [-0.2, -0.15) is 0 Å². The Hall–Kier alpha value is -1.06. The number of hydrogen-bond acceptors (Lipinski definition) is 3. The number of aryl methyl sites for hydroxylation is 1. The lowest BCUT2D eigenvalue weighted by Gasteiger charge is -2.40. The molecule has 0 amide bonds. The molecule has 0 unspecified atom stereocenters. The third kappa shape index (κ3) is 4.07. The van der Waals surface area contributed by atoms with Crippen molar-refractivity contribution in [2.45, 2.75) is 59.1 Å². The highest BCUT2D eigenvalue weighted by Crippen LogP contribution is 2.52. The summed E-state index contributed by atoms with van der Waals surface area (Å²) in [6.45, 7) is 11.4. The first kappa shape index (κ1) is 16.8. The largest absolute Gasteiger partial charge is 0.491 e. The molecule has 1 heterocycles. The fourth-order valence-electron chi connectivity index (χ4n) is 5.01. The van der Waals surface area contributed by atoms with Crippen LogP contribution in [0.3, 0.4) is 0 Å². The molecule has 1 aliphatic carbocycles. The first-order valence-electron chi connectivity index (χ1n) is 8.86. The number of benzene rings is 1. The molecule has 23 heavy (non-hydrogen) atoms. The maximum atomic E-state index is 10.4. The second kappa shape index (κ2) is 6.10. The molecule has 2 fully saturated rings. The summed E-state index contributed by atoms with van der Waals surface area (Å²) in [6, 6.07) is 8.63.